The number of rotatable bonds is 14. The Bertz CT molecular complexity index is 1290. The Kier molecular flexibility index (Phi) is 12.1. The molecule has 0 aromatic heterocycles. The van der Waals surface area contributed by atoms with E-state index in [1.807, 2.05) is 18.2 Å². The molecule has 4 aromatic carbocycles. The Labute approximate surface area is 252 Å². The summed E-state index contributed by atoms with van der Waals surface area (Å²) in [5, 5.41) is 3.34. The number of carbonyl (C=O) groups is 1. The first-order valence-corrected chi connectivity index (χ1v) is 24.8. The summed E-state index contributed by atoms with van der Waals surface area (Å²) in [5.41, 5.74) is 0.874. The standard InChI is InChI=1S/C25H19NOP.3C4H9.Sn/c27-25(21-13-5-1-6-14-21)26-28(22-15-7-2-8-16-22,23-17-9-3-10-18-23)24-19-11-4-12-20-24;3*1-3-4-2;/h1-13,15-20H;3*1,3-4H2,2H3;. The van der Waals surface area contributed by atoms with Crippen LogP contribution in [0.3, 0.4) is 0 Å². The van der Waals surface area contributed by atoms with E-state index in [2.05, 4.69) is 118 Å². The van der Waals surface area contributed by atoms with Gasteiger partial charge in [0.05, 0.1) is 0 Å². The molecule has 0 spiro atoms. The van der Waals surface area contributed by atoms with Crippen LogP contribution in [0.5, 0.6) is 0 Å². The molecule has 4 aromatic rings. The van der Waals surface area contributed by atoms with Crippen LogP contribution in [0, 0.1) is 0 Å². The molecule has 0 aliphatic rings. The number of hydrogen-bond donors (Lipinski definition) is 0. The van der Waals surface area contributed by atoms with E-state index < -0.39 is 25.4 Å². The van der Waals surface area contributed by atoms with E-state index in [0.29, 0.717) is 0 Å². The van der Waals surface area contributed by atoms with Crippen molar-refractivity contribution in [1.29, 1.82) is 0 Å². The van der Waals surface area contributed by atoms with E-state index in [1.54, 1.807) is 0 Å². The third kappa shape index (κ3) is 7.33. The van der Waals surface area contributed by atoms with Crippen LogP contribution < -0.4 is 19.5 Å². The molecule has 0 aliphatic carbocycles. The van der Waals surface area contributed by atoms with Gasteiger partial charge in [-0.25, -0.2) is 0 Å². The maximum atomic E-state index is 14.8. The van der Waals surface area contributed by atoms with E-state index in [1.165, 1.54) is 55.4 Å². The van der Waals surface area contributed by atoms with Crippen LogP contribution in [0.15, 0.2) is 120 Å². The molecule has 0 radical (unpaired) electrons. The zero-order valence-electron chi connectivity index (χ0n) is 25.1. The fourth-order valence-corrected chi connectivity index (χ4v) is 26.4. The van der Waals surface area contributed by atoms with Crippen LogP contribution in [-0.4, -0.2) is 24.3 Å². The maximum absolute atomic E-state index is 14.8. The van der Waals surface area contributed by atoms with Crippen molar-refractivity contribution < 1.29 is 4.79 Å². The molecule has 0 heterocycles. The van der Waals surface area contributed by atoms with Gasteiger partial charge in [0.15, 0.2) is 0 Å². The minimum atomic E-state index is -2.91. The van der Waals surface area contributed by atoms with Gasteiger partial charge < -0.3 is 0 Å². The van der Waals surface area contributed by atoms with E-state index in [-0.39, 0.29) is 5.91 Å². The van der Waals surface area contributed by atoms with Gasteiger partial charge in [-0.2, -0.15) is 0 Å². The average Bonchev–Trinajstić information content (AvgIpc) is 3.04. The van der Waals surface area contributed by atoms with Gasteiger partial charge in [-0.15, -0.1) is 0 Å². The number of nitrogens with zero attached hydrogens (tertiary/aromatic N) is 1. The summed E-state index contributed by atoms with van der Waals surface area (Å²) < 4.78 is 10.8. The van der Waals surface area contributed by atoms with E-state index in [4.69, 9.17) is 4.74 Å². The van der Waals surface area contributed by atoms with Gasteiger partial charge in [-0.05, 0) is 0 Å². The topological polar surface area (TPSA) is 29.4 Å². The fourth-order valence-electron chi connectivity index (χ4n) is 6.20. The number of carbonyl (C=O) groups excluding carboxylic acids is 1. The fraction of sp³-hybridized carbons (Fsp3) is 0.324. The van der Waals surface area contributed by atoms with Gasteiger partial charge in [0, 0.05) is 0 Å². The Morgan fingerprint density at radius 2 is 0.927 bits per heavy atom. The summed E-state index contributed by atoms with van der Waals surface area (Å²) in [6.07, 6.45) is 7.42. The summed E-state index contributed by atoms with van der Waals surface area (Å²) >= 11 is -2.91. The molecule has 4 heteroatoms. The molecule has 0 atom stereocenters. The summed E-state index contributed by atoms with van der Waals surface area (Å²) in [7, 11) is -2.61. The third-order valence-corrected chi connectivity index (χ3v) is 27.7. The summed E-state index contributed by atoms with van der Waals surface area (Å²) in [6, 6.07) is 40.2. The second-order valence-corrected chi connectivity index (χ2v) is 27.3. The molecule has 1 amide bonds. The van der Waals surface area contributed by atoms with Crippen LogP contribution in [0.25, 0.3) is 0 Å². The second kappa shape index (κ2) is 15.7. The van der Waals surface area contributed by atoms with Gasteiger partial charge in [0.25, 0.3) is 0 Å². The Morgan fingerprint density at radius 1 is 0.561 bits per heavy atom. The number of benzene rings is 4. The molecule has 0 unspecified atom stereocenters. The van der Waals surface area contributed by atoms with Gasteiger partial charge >= 0.3 is 254 Å². The molecule has 0 fully saturated rings. The first-order chi connectivity index (χ1) is 20.1. The molecule has 2 nitrogen and oxygen atoms in total. The first kappa shape index (κ1) is 31.5. The quantitative estimate of drug-likeness (QED) is 0.0973. The molecule has 4 rings (SSSR count). The van der Waals surface area contributed by atoms with Crippen molar-refractivity contribution >= 4 is 50.8 Å². The second-order valence-electron chi connectivity index (χ2n) is 11.2. The van der Waals surface area contributed by atoms with Crippen molar-refractivity contribution in [1.82, 2.24) is 0 Å². The van der Waals surface area contributed by atoms with Crippen molar-refractivity contribution in [2.45, 2.75) is 72.6 Å². The van der Waals surface area contributed by atoms with Gasteiger partial charge in [-0.3, -0.25) is 0 Å². The minimum absolute atomic E-state index is 0.0453. The predicted octanol–water partition coefficient (Wildman–Crippen LogP) is 9.06. The zero-order valence-corrected chi connectivity index (χ0v) is 28.9. The van der Waals surface area contributed by atoms with Gasteiger partial charge in [0.2, 0.25) is 0 Å². The summed E-state index contributed by atoms with van der Waals surface area (Å²) in [4.78, 5) is 14.8. The molecular formula is C37H46NOPSn. The predicted molar refractivity (Wildman–Crippen MR) is 183 cm³/mol. The normalized spacial score (nSPS) is 11.8. The number of amides is 1. The first-order valence-electron chi connectivity index (χ1n) is 15.5. The number of hydrogen-bond acceptors (Lipinski definition) is 1. The molecule has 214 valence electrons. The molecule has 0 N–H and O–H groups in total. The molecule has 41 heavy (non-hydrogen) atoms. The SMILES string of the molecule is CCC[CH2][Sn]([CH2]CCC)([CH2]CCC)[c]1ccccc1C(=O)N=P(c1ccccc1)(c1ccccc1)c1ccccc1. The molecule has 0 aliphatic heterocycles. The van der Waals surface area contributed by atoms with Crippen molar-refractivity contribution in [2.75, 3.05) is 0 Å². The summed E-state index contributed by atoms with van der Waals surface area (Å²) in [5.74, 6) is -0.0453. The zero-order chi connectivity index (χ0) is 29.0. The van der Waals surface area contributed by atoms with Crippen LogP contribution in [0.2, 0.25) is 13.3 Å². The van der Waals surface area contributed by atoms with Crippen LogP contribution in [0.1, 0.15) is 69.7 Å². The van der Waals surface area contributed by atoms with Crippen molar-refractivity contribution in [3.8, 4) is 0 Å². The summed E-state index contributed by atoms with van der Waals surface area (Å²) in [6.45, 7) is 6.92. The molecular weight excluding hydrogens is 624 g/mol. The van der Waals surface area contributed by atoms with Crippen LogP contribution in [-0.2, 0) is 0 Å². The van der Waals surface area contributed by atoms with Crippen LogP contribution in [0.4, 0.5) is 0 Å². The molecule has 0 saturated carbocycles. The van der Waals surface area contributed by atoms with E-state index in [0.717, 1.165) is 21.5 Å². The Hall–Kier alpha value is -2.42. The van der Waals surface area contributed by atoms with Gasteiger partial charge in [-0.1, -0.05) is 0 Å². The van der Waals surface area contributed by atoms with Crippen molar-refractivity contribution in [3.63, 3.8) is 0 Å². The third-order valence-electron chi connectivity index (χ3n) is 8.39. The van der Waals surface area contributed by atoms with Crippen molar-refractivity contribution in [2.24, 2.45) is 4.74 Å². The van der Waals surface area contributed by atoms with Gasteiger partial charge in [0.1, 0.15) is 0 Å². The van der Waals surface area contributed by atoms with Crippen molar-refractivity contribution in [3.05, 3.63) is 121 Å². The van der Waals surface area contributed by atoms with E-state index in [9.17, 15) is 4.79 Å². The number of unbranched alkanes of at least 4 members (excludes halogenated alkanes) is 3. The Morgan fingerprint density at radius 3 is 1.32 bits per heavy atom. The molecule has 0 bridgehead atoms. The Balaban J connectivity index is 2.00. The molecule has 0 saturated heterocycles. The monoisotopic (exact) mass is 671 g/mol. The average molecular weight is 670 g/mol. The van der Waals surface area contributed by atoms with Crippen LogP contribution >= 0.6 is 7.05 Å². The van der Waals surface area contributed by atoms with E-state index >= 15 is 0 Å².